The van der Waals surface area contributed by atoms with Gasteiger partial charge < -0.3 is 4.74 Å². The van der Waals surface area contributed by atoms with Crippen LogP contribution in [-0.4, -0.2) is 12.0 Å². The molecule has 4 nitrogen and oxygen atoms in total. The van der Waals surface area contributed by atoms with Crippen LogP contribution in [0.15, 0.2) is 52.3 Å². The third-order valence-electron chi connectivity index (χ3n) is 2.40. The maximum atomic E-state index is 13.5. The van der Waals surface area contributed by atoms with Crippen molar-refractivity contribution in [3.63, 3.8) is 0 Å². The number of ether oxygens (including phenoxy) is 1. The Kier molecular flexibility index (Phi) is 4.01. The Labute approximate surface area is 113 Å². The lowest BCUT2D eigenvalue weighted by atomic mass is 10.3. The van der Waals surface area contributed by atoms with Gasteiger partial charge in [0.2, 0.25) is 5.82 Å². The van der Waals surface area contributed by atoms with Gasteiger partial charge >= 0.3 is 5.69 Å². The molecular formula is C13H10FNO3S. The van der Waals surface area contributed by atoms with Crippen molar-refractivity contribution >= 4 is 17.4 Å². The number of nitrogens with zero attached hydrogens (tertiary/aromatic N) is 1. The quantitative estimate of drug-likeness (QED) is 0.629. The van der Waals surface area contributed by atoms with Crippen LogP contribution in [-0.2, 0) is 0 Å². The molecule has 0 saturated heterocycles. The molecule has 0 aliphatic rings. The van der Waals surface area contributed by atoms with Crippen LogP contribution in [0.4, 0.5) is 10.1 Å². The highest BCUT2D eigenvalue weighted by molar-refractivity contribution is 7.99. The number of rotatable bonds is 4. The van der Waals surface area contributed by atoms with E-state index >= 15 is 0 Å². The summed E-state index contributed by atoms with van der Waals surface area (Å²) in [6.07, 6.45) is 0. The maximum absolute atomic E-state index is 13.5. The van der Waals surface area contributed by atoms with E-state index in [0.717, 1.165) is 22.7 Å². The van der Waals surface area contributed by atoms with Gasteiger partial charge in [0.25, 0.3) is 0 Å². The van der Waals surface area contributed by atoms with E-state index in [2.05, 4.69) is 0 Å². The third-order valence-corrected chi connectivity index (χ3v) is 3.44. The molecule has 0 spiro atoms. The van der Waals surface area contributed by atoms with Gasteiger partial charge in [-0.25, -0.2) is 0 Å². The van der Waals surface area contributed by atoms with Crippen LogP contribution in [0.2, 0.25) is 0 Å². The zero-order valence-electron chi connectivity index (χ0n) is 10.00. The molecule has 0 amide bonds. The molecular weight excluding hydrogens is 269 g/mol. The van der Waals surface area contributed by atoms with Gasteiger partial charge in [-0.05, 0) is 30.3 Å². The smallest absolute Gasteiger partial charge is 0.318 e. The lowest BCUT2D eigenvalue weighted by Crippen LogP contribution is -1.94. The number of halogens is 1. The van der Waals surface area contributed by atoms with Crippen molar-refractivity contribution in [1.29, 1.82) is 0 Å². The topological polar surface area (TPSA) is 52.4 Å². The Bertz CT molecular complexity index is 619. The van der Waals surface area contributed by atoms with Gasteiger partial charge in [0, 0.05) is 4.90 Å². The average molecular weight is 279 g/mol. The first-order chi connectivity index (χ1) is 9.11. The van der Waals surface area contributed by atoms with E-state index in [1.807, 2.05) is 0 Å². The molecule has 0 fully saturated rings. The number of hydrogen-bond donors (Lipinski definition) is 0. The molecule has 2 aromatic carbocycles. The molecule has 0 bridgehead atoms. The van der Waals surface area contributed by atoms with E-state index in [1.165, 1.54) is 19.2 Å². The molecule has 0 atom stereocenters. The molecule has 0 radical (unpaired) electrons. The van der Waals surface area contributed by atoms with Gasteiger partial charge in [-0.1, -0.05) is 23.9 Å². The minimum Gasteiger partial charge on any atom is -0.497 e. The normalized spacial score (nSPS) is 10.2. The van der Waals surface area contributed by atoms with E-state index in [9.17, 15) is 14.5 Å². The van der Waals surface area contributed by atoms with Gasteiger partial charge in [-0.2, -0.15) is 4.39 Å². The van der Waals surface area contributed by atoms with Gasteiger partial charge in [0.1, 0.15) is 5.75 Å². The Morgan fingerprint density at radius 1 is 1.26 bits per heavy atom. The van der Waals surface area contributed by atoms with Gasteiger partial charge in [0.15, 0.2) is 0 Å². The first-order valence-corrected chi connectivity index (χ1v) is 6.18. The highest BCUT2D eigenvalue weighted by Crippen LogP contribution is 2.37. The summed E-state index contributed by atoms with van der Waals surface area (Å²) < 4.78 is 18.5. The summed E-state index contributed by atoms with van der Waals surface area (Å²) in [6, 6.07) is 11.1. The monoisotopic (exact) mass is 279 g/mol. The van der Waals surface area contributed by atoms with Crippen molar-refractivity contribution in [2.75, 3.05) is 7.11 Å². The number of para-hydroxylation sites is 1. The molecule has 0 unspecified atom stereocenters. The Morgan fingerprint density at radius 2 is 2.00 bits per heavy atom. The van der Waals surface area contributed by atoms with Crippen molar-refractivity contribution in [3.8, 4) is 5.75 Å². The van der Waals surface area contributed by atoms with Gasteiger partial charge in [-0.3, -0.25) is 10.1 Å². The highest BCUT2D eigenvalue weighted by Gasteiger charge is 2.20. The number of nitro groups is 1. The van der Waals surface area contributed by atoms with Gasteiger partial charge in [0.05, 0.1) is 16.9 Å². The second-order valence-electron chi connectivity index (χ2n) is 3.62. The van der Waals surface area contributed by atoms with Crippen molar-refractivity contribution < 1.29 is 14.1 Å². The highest BCUT2D eigenvalue weighted by atomic mass is 32.2. The van der Waals surface area contributed by atoms with Crippen molar-refractivity contribution in [1.82, 2.24) is 0 Å². The summed E-state index contributed by atoms with van der Waals surface area (Å²) in [5.41, 5.74) is -0.504. The van der Waals surface area contributed by atoms with Crippen molar-refractivity contribution in [2.45, 2.75) is 9.79 Å². The molecule has 98 valence electrons. The third kappa shape index (κ3) is 3.03. The predicted molar refractivity (Wildman–Crippen MR) is 70.2 cm³/mol. The lowest BCUT2D eigenvalue weighted by Gasteiger charge is -2.05. The van der Waals surface area contributed by atoms with E-state index < -0.39 is 16.4 Å². The van der Waals surface area contributed by atoms with Crippen LogP contribution in [0.5, 0.6) is 5.75 Å². The summed E-state index contributed by atoms with van der Waals surface area (Å²) in [4.78, 5) is 11.2. The fourth-order valence-electron chi connectivity index (χ4n) is 1.55. The van der Waals surface area contributed by atoms with Crippen LogP contribution in [0.1, 0.15) is 0 Å². The minimum absolute atomic E-state index is 0.262. The zero-order chi connectivity index (χ0) is 13.8. The van der Waals surface area contributed by atoms with Crippen LogP contribution in [0.3, 0.4) is 0 Å². The molecule has 0 aromatic heterocycles. The fraction of sp³-hybridized carbons (Fsp3) is 0.0769. The standard InChI is InChI=1S/C13H10FNO3S/c1-18-9-4-2-5-10(8-9)19-12-7-3-6-11(14)13(12)15(16)17/h2-8H,1H3. The predicted octanol–water partition coefficient (Wildman–Crippen LogP) is 3.89. The van der Waals surface area contributed by atoms with Crippen LogP contribution >= 0.6 is 11.8 Å². The SMILES string of the molecule is COc1cccc(Sc2cccc(F)c2[N+](=O)[O-])c1. The summed E-state index contributed by atoms with van der Waals surface area (Å²) in [5.74, 6) is -0.193. The number of methoxy groups -OCH3 is 1. The summed E-state index contributed by atoms with van der Waals surface area (Å²) in [6.45, 7) is 0. The Balaban J connectivity index is 2.38. The largest absolute Gasteiger partial charge is 0.497 e. The molecule has 2 rings (SSSR count). The first-order valence-electron chi connectivity index (χ1n) is 5.36. The molecule has 0 aliphatic carbocycles. The summed E-state index contributed by atoms with van der Waals surface area (Å²) in [7, 11) is 1.54. The average Bonchev–Trinajstić information content (AvgIpc) is 2.38. The fourth-order valence-corrected chi connectivity index (χ4v) is 2.54. The van der Waals surface area contributed by atoms with E-state index in [-0.39, 0.29) is 4.90 Å². The Morgan fingerprint density at radius 3 is 2.68 bits per heavy atom. The molecule has 2 aromatic rings. The van der Waals surface area contributed by atoms with E-state index in [4.69, 9.17) is 4.74 Å². The van der Waals surface area contributed by atoms with Crippen molar-refractivity contribution in [2.24, 2.45) is 0 Å². The zero-order valence-corrected chi connectivity index (χ0v) is 10.8. The molecule has 6 heteroatoms. The Hall–Kier alpha value is -2.08. The lowest BCUT2D eigenvalue weighted by molar-refractivity contribution is -0.390. The minimum atomic E-state index is -0.835. The second kappa shape index (κ2) is 5.71. The first kappa shape index (κ1) is 13.4. The number of benzene rings is 2. The second-order valence-corrected chi connectivity index (χ2v) is 4.74. The number of nitro benzene ring substituents is 1. The van der Waals surface area contributed by atoms with E-state index in [1.54, 1.807) is 24.3 Å². The molecule has 19 heavy (non-hydrogen) atoms. The van der Waals surface area contributed by atoms with Gasteiger partial charge in [-0.15, -0.1) is 0 Å². The van der Waals surface area contributed by atoms with Crippen LogP contribution in [0.25, 0.3) is 0 Å². The number of hydrogen-bond acceptors (Lipinski definition) is 4. The van der Waals surface area contributed by atoms with Crippen LogP contribution < -0.4 is 4.74 Å². The van der Waals surface area contributed by atoms with Crippen molar-refractivity contribution in [3.05, 3.63) is 58.4 Å². The van der Waals surface area contributed by atoms with E-state index in [0.29, 0.717) is 5.75 Å². The summed E-state index contributed by atoms with van der Waals surface area (Å²) >= 11 is 1.12. The summed E-state index contributed by atoms with van der Waals surface area (Å²) in [5, 5.41) is 10.9. The molecule has 0 saturated carbocycles. The maximum Gasteiger partial charge on any atom is 0.318 e. The molecule has 0 heterocycles. The molecule has 0 N–H and O–H groups in total. The molecule has 0 aliphatic heterocycles. The van der Waals surface area contributed by atoms with Crippen LogP contribution in [0, 0.1) is 15.9 Å².